The molecule has 0 aliphatic carbocycles. The molecule has 1 spiro atoms. The second kappa shape index (κ2) is 0.286. The minimum atomic E-state index is -2.28. The van der Waals surface area contributed by atoms with Gasteiger partial charge in [0.1, 0.15) is 0 Å². The fourth-order valence-electron chi connectivity index (χ4n) is 15.8. The van der Waals surface area contributed by atoms with Crippen LogP contribution in [0.5, 0.6) is 0 Å². The van der Waals surface area contributed by atoms with E-state index in [1.165, 1.54) is 0 Å². The maximum absolute atomic E-state index is 6.50. The van der Waals surface area contributed by atoms with E-state index in [0.717, 1.165) is 0 Å². The predicted octanol–water partition coefficient (Wildman–Crippen LogP) is 2.71. The monoisotopic (exact) mass is 219 g/mol. The Labute approximate surface area is 66.1 Å². The van der Waals surface area contributed by atoms with Crippen LogP contribution < -0.4 is 5.90 Å². The summed E-state index contributed by atoms with van der Waals surface area (Å²) in [7, 11) is 0. The van der Waals surface area contributed by atoms with Gasteiger partial charge in [0.2, 0.25) is 0 Å². The Morgan fingerprint density at radius 2 is 0.692 bits per heavy atom. The van der Waals surface area contributed by atoms with E-state index in [2.05, 4.69) is 5.90 Å². The maximum atomic E-state index is 6.50. The van der Waals surface area contributed by atoms with Crippen LogP contribution in [-0.4, -0.2) is 5.21 Å². The Morgan fingerprint density at radius 1 is 0.538 bits per heavy atom. The van der Waals surface area contributed by atoms with E-state index in [0.29, 0.717) is 0 Å². The molecule has 10 aliphatic heterocycles. The van der Waals surface area contributed by atoms with Crippen molar-refractivity contribution in [2.45, 2.75) is 48.2 Å². The van der Waals surface area contributed by atoms with Gasteiger partial charge >= 0.3 is 54.7 Å². The van der Waals surface area contributed by atoms with Crippen LogP contribution in [0.3, 0.4) is 0 Å². The number of rotatable bonds is 0. The molecule has 0 aromatic carbocycles. The Morgan fingerprint density at radius 3 is 0.692 bits per heavy atom. The SMILES string of the molecule is NO.[CH]12[CH]3[CH]4[CH]5[CH]1[Fe]23451678[CH]2[CH]1[CH]6[CH]7[CH]28. The van der Waals surface area contributed by atoms with Crippen LogP contribution in [0, 0.1) is 0 Å². The van der Waals surface area contributed by atoms with Crippen LogP contribution in [0.1, 0.15) is 0 Å². The van der Waals surface area contributed by atoms with Gasteiger partial charge in [0, 0.05) is 0 Å². The van der Waals surface area contributed by atoms with Crippen molar-refractivity contribution in [2.24, 2.45) is 5.90 Å². The van der Waals surface area contributed by atoms with Gasteiger partial charge in [-0.3, -0.25) is 0 Å². The zero-order valence-corrected chi connectivity index (χ0v) is 8.26. The van der Waals surface area contributed by atoms with Crippen molar-refractivity contribution < 1.29 is 11.7 Å². The van der Waals surface area contributed by atoms with Crippen molar-refractivity contribution in [2.75, 3.05) is 0 Å². The van der Waals surface area contributed by atoms with Crippen LogP contribution >= 0.6 is 0 Å². The molecule has 72 valence electrons. The molecule has 0 unspecified atom stereocenters. The molecule has 10 aliphatic rings. The van der Waals surface area contributed by atoms with Gasteiger partial charge in [-0.1, -0.05) is 0 Å². The molecule has 0 aromatic heterocycles. The Bertz CT molecular complexity index is 582. The minimum absolute atomic E-state index is 1.59. The van der Waals surface area contributed by atoms with E-state index in [1.54, 1.807) is 48.2 Å². The fraction of sp³-hybridized carbons (Fsp3) is 1.00. The topological polar surface area (TPSA) is 46.2 Å². The molecule has 0 amide bonds. The van der Waals surface area contributed by atoms with Gasteiger partial charge < -0.3 is 5.21 Å². The molecular formula is C10H13FeNO. The standard InChI is InChI=1S/2C5H5.Fe.H3NO/c2*1-2-4-5-3-1;;1-2/h2*1-5H;;2H,1H2. The van der Waals surface area contributed by atoms with E-state index in [1.807, 2.05) is 0 Å². The normalized spacial score (nSPS) is 145. The third kappa shape index (κ3) is 0.0337. The molecule has 3 heteroatoms. The van der Waals surface area contributed by atoms with Gasteiger partial charge in [-0.05, 0) is 0 Å². The number of hydrogen-bond donors (Lipinski definition) is 2. The average molecular weight is 219 g/mol. The molecule has 2 nitrogen and oxygen atoms in total. The van der Waals surface area contributed by atoms with E-state index in [9.17, 15) is 0 Å². The number of nitrogens with two attached hydrogens (primary N) is 1. The molecule has 13 heavy (non-hydrogen) atoms. The van der Waals surface area contributed by atoms with Crippen LogP contribution in [0.2, 0.25) is 48.2 Å². The third-order valence-electron chi connectivity index (χ3n) is 14.5. The van der Waals surface area contributed by atoms with Crippen molar-refractivity contribution in [3.63, 3.8) is 0 Å². The number of fused-ring (bicyclic) bond motifs is 10. The summed E-state index contributed by atoms with van der Waals surface area (Å²) in [6.45, 7) is -2.28. The molecule has 0 atom stereocenters. The molecule has 0 aromatic rings. The molecule has 10 saturated heterocycles. The van der Waals surface area contributed by atoms with Gasteiger partial charge in [0.25, 0.3) is 0 Å². The zero-order chi connectivity index (χ0) is 8.09. The first kappa shape index (κ1) is 4.52. The van der Waals surface area contributed by atoms with Crippen molar-refractivity contribution in [3.8, 4) is 0 Å². The summed E-state index contributed by atoms with van der Waals surface area (Å²) in [4.78, 5) is 15.9. The average Bonchev–Trinajstić information content (AvgIpc) is 3.15. The van der Waals surface area contributed by atoms with Crippen molar-refractivity contribution in [1.82, 2.24) is 0 Å². The molecule has 0 radical (unpaired) electrons. The van der Waals surface area contributed by atoms with Crippen LogP contribution in [0.15, 0.2) is 0 Å². The summed E-state index contributed by atoms with van der Waals surface area (Å²) in [6.07, 6.45) is 0. The summed E-state index contributed by atoms with van der Waals surface area (Å²) < 4.78 is 0. The summed E-state index contributed by atoms with van der Waals surface area (Å²) in [5.41, 5.74) is 0. The molecular weight excluding hydrogens is 206 g/mol. The van der Waals surface area contributed by atoms with Gasteiger partial charge in [-0.15, -0.1) is 0 Å². The summed E-state index contributed by atoms with van der Waals surface area (Å²) in [5.74, 6) is 3.50. The number of hydrogen-bond acceptors (Lipinski definition) is 2. The van der Waals surface area contributed by atoms with Gasteiger partial charge in [0.15, 0.2) is 0 Å². The van der Waals surface area contributed by atoms with Crippen molar-refractivity contribution in [3.05, 3.63) is 0 Å². The summed E-state index contributed by atoms with van der Waals surface area (Å²) in [6, 6.07) is 0. The van der Waals surface area contributed by atoms with E-state index >= 15 is 0 Å². The van der Waals surface area contributed by atoms with Gasteiger partial charge in [0.05, 0.1) is 0 Å². The van der Waals surface area contributed by atoms with Gasteiger partial charge in [-0.2, -0.15) is 0 Å². The van der Waals surface area contributed by atoms with Crippen molar-refractivity contribution >= 4 is 0 Å². The van der Waals surface area contributed by atoms with E-state index in [-0.39, 0.29) is 0 Å². The first-order valence-electron chi connectivity index (χ1n) is 5.63. The molecule has 10 heterocycles. The quantitative estimate of drug-likeness (QED) is 0.486. The van der Waals surface area contributed by atoms with Crippen molar-refractivity contribution in [1.29, 1.82) is 0 Å². The Balaban J connectivity index is 0.000000212. The molecule has 3 N–H and O–H groups in total. The van der Waals surface area contributed by atoms with E-state index in [4.69, 9.17) is 5.21 Å². The predicted molar refractivity (Wildman–Crippen MR) is 43.5 cm³/mol. The third-order valence-corrected chi connectivity index (χ3v) is 56.5. The van der Waals surface area contributed by atoms with Crippen LogP contribution in [0.25, 0.3) is 0 Å². The molecule has 0 saturated carbocycles. The zero-order valence-electron chi connectivity index (χ0n) is 7.15. The van der Waals surface area contributed by atoms with E-state index < -0.39 is 6.51 Å². The summed E-state index contributed by atoms with van der Waals surface area (Å²) in [5, 5.41) is 6.50. The fourth-order valence-corrected chi connectivity index (χ4v) is 88.0. The first-order chi connectivity index (χ1) is 6.16. The summed E-state index contributed by atoms with van der Waals surface area (Å²) >= 11 is 0. The Kier molecular flexibility index (Phi) is 0.0995. The second-order valence-electron chi connectivity index (χ2n) is 9.58. The second-order valence-corrected chi connectivity index (χ2v) is 33.5. The molecule has 0 bridgehead atoms. The molecule has 10 fully saturated rings. The van der Waals surface area contributed by atoms with Gasteiger partial charge in [-0.25, -0.2) is 5.90 Å². The molecule has 10 rings (SSSR count). The first-order valence-corrected chi connectivity index (χ1v) is 12.0. The van der Waals surface area contributed by atoms with Crippen LogP contribution in [-0.2, 0) is 6.51 Å². The Hall–Kier alpha value is 0.439. The van der Waals surface area contributed by atoms with Crippen LogP contribution in [0.4, 0.5) is 0 Å².